The first-order chi connectivity index (χ1) is 7.92. The van der Waals surface area contributed by atoms with Crippen LogP contribution >= 0.6 is 0 Å². The molecule has 4 atom stereocenters. The summed E-state index contributed by atoms with van der Waals surface area (Å²) < 4.78 is 5.54. The van der Waals surface area contributed by atoms with E-state index in [2.05, 4.69) is 10.2 Å². The Kier molecular flexibility index (Phi) is 3.46. The lowest BCUT2D eigenvalue weighted by Crippen LogP contribution is -2.46. The summed E-state index contributed by atoms with van der Waals surface area (Å²) in [4.78, 5) is 2.62. The predicted molar refractivity (Wildman–Crippen MR) is 64.5 cm³/mol. The Morgan fingerprint density at radius 3 is 3.00 bits per heavy atom. The summed E-state index contributed by atoms with van der Waals surface area (Å²) in [6, 6.07) is 0.792. The summed E-state index contributed by atoms with van der Waals surface area (Å²) in [5.74, 6) is 1.70. The van der Waals surface area contributed by atoms with Gasteiger partial charge in [-0.15, -0.1) is 0 Å². The molecule has 3 heteroatoms. The molecular weight excluding hydrogens is 200 g/mol. The third-order valence-electron chi connectivity index (χ3n) is 4.56. The van der Waals surface area contributed by atoms with Gasteiger partial charge in [0.05, 0.1) is 6.61 Å². The van der Waals surface area contributed by atoms with E-state index in [0.29, 0.717) is 0 Å². The summed E-state index contributed by atoms with van der Waals surface area (Å²) >= 11 is 0. The Hall–Kier alpha value is -0.120. The Balaban J connectivity index is 1.43. The van der Waals surface area contributed by atoms with Gasteiger partial charge in [-0.1, -0.05) is 0 Å². The van der Waals surface area contributed by atoms with Gasteiger partial charge in [-0.2, -0.15) is 0 Å². The van der Waals surface area contributed by atoms with Crippen LogP contribution < -0.4 is 5.32 Å². The summed E-state index contributed by atoms with van der Waals surface area (Å²) in [6.07, 6.45) is 5.39. The fourth-order valence-corrected chi connectivity index (χ4v) is 3.51. The lowest BCUT2D eigenvalue weighted by atomic mass is 9.93. The first-order valence-corrected chi connectivity index (χ1v) is 6.95. The molecule has 0 amide bonds. The van der Waals surface area contributed by atoms with Crippen molar-refractivity contribution in [1.29, 1.82) is 0 Å². The molecule has 0 aromatic carbocycles. The molecule has 0 aromatic heterocycles. The van der Waals surface area contributed by atoms with Crippen molar-refractivity contribution in [2.45, 2.75) is 31.7 Å². The van der Waals surface area contributed by atoms with E-state index in [1.54, 1.807) is 0 Å². The molecule has 3 aliphatic heterocycles. The number of nitrogens with zero attached hydrogens (tertiary/aromatic N) is 1. The second kappa shape index (κ2) is 5.03. The van der Waals surface area contributed by atoms with Crippen molar-refractivity contribution in [3.05, 3.63) is 0 Å². The van der Waals surface area contributed by atoms with E-state index in [1.165, 1.54) is 51.9 Å². The lowest BCUT2D eigenvalue weighted by Gasteiger charge is -2.33. The lowest BCUT2D eigenvalue weighted by molar-refractivity contribution is 0.0520. The Morgan fingerprint density at radius 2 is 2.12 bits per heavy atom. The molecule has 3 nitrogen and oxygen atoms in total. The average Bonchev–Trinajstić information content (AvgIpc) is 2.72. The second-order valence-corrected chi connectivity index (χ2v) is 5.74. The molecule has 0 spiro atoms. The molecule has 1 N–H and O–H groups in total. The minimum atomic E-state index is 0.771. The number of ether oxygens (including phenoxy) is 1. The van der Waals surface area contributed by atoms with Crippen molar-refractivity contribution in [2.75, 3.05) is 39.4 Å². The Labute approximate surface area is 98.5 Å². The topological polar surface area (TPSA) is 24.5 Å². The summed E-state index contributed by atoms with van der Waals surface area (Å²) in [5.41, 5.74) is 0. The molecule has 3 fully saturated rings. The molecule has 3 aliphatic rings. The van der Waals surface area contributed by atoms with Crippen LogP contribution in [0, 0.1) is 11.8 Å². The molecule has 4 unspecified atom stereocenters. The van der Waals surface area contributed by atoms with Crippen LogP contribution in [0.3, 0.4) is 0 Å². The molecule has 3 rings (SSSR count). The third kappa shape index (κ3) is 2.41. The van der Waals surface area contributed by atoms with E-state index in [0.717, 1.165) is 31.1 Å². The van der Waals surface area contributed by atoms with Gasteiger partial charge < -0.3 is 15.0 Å². The van der Waals surface area contributed by atoms with Crippen molar-refractivity contribution in [3.8, 4) is 0 Å². The average molecular weight is 224 g/mol. The zero-order valence-corrected chi connectivity index (χ0v) is 10.2. The van der Waals surface area contributed by atoms with Gasteiger partial charge in [0.25, 0.3) is 0 Å². The highest BCUT2D eigenvalue weighted by molar-refractivity contribution is 4.91. The number of rotatable bonds is 3. The molecule has 0 saturated carbocycles. The molecular formula is C13H24N2O. The summed E-state index contributed by atoms with van der Waals surface area (Å²) in [6.45, 7) is 7.15. The van der Waals surface area contributed by atoms with E-state index >= 15 is 0 Å². The van der Waals surface area contributed by atoms with E-state index in [9.17, 15) is 0 Å². The van der Waals surface area contributed by atoms with Crippen LogP contribution in [0.15, 0.2) is 0 Å². The van der Waals surface area contributed by atoms with Crippen LogP contribution in [0.1, 0.15) is 25.7 Å². The molecule has 3 saturated heterocycles. The van der Waals surface area contributed by atoms with Gasteiger partial charge in [-0.05, 0) is 50.6 Å². The summed E-state index contributed by atoms with van der Waals surface area (Å²) in [7, 11) is 0. The van der Waals surface area contributed by atoms with E-state index in [1.807, 2.05) is 0 Å². The van der Waals surface area contributed by atoms with Crippen LogP contribution in [-0.4, -0.2) is 50.3 Å². The van der Waals surface area contributed by atoms with Crippen LogP contribution in [0.25, 0.3) is 0 Å². The smallest absolute Gasteiger partial charge is 0.0506 e. The fraction of sp³-hybridized carbons (Fsp3) is 1.00. The van der Waals surface area contributed by atoms with Crippen molar-refractivity contribution in [1.82, 2.24) is 10.2 Å². The van der Waals surface area contributed by atoms with E-state index < -0.39 is 0 Å². The normalized spacial score (nSPS) is 43.5. The van der Waals surface area contributed by atoms with Gasteiger partial charge in [0, 0.05) is 25.7 Å². The zero-order chi connectivity index (χ0) is 10.8. The summed E-state index contributed by atoms with van der Waals surface area (Å²) in [5, 5.41) is 3.81. The Bertz CT molecular complexity index is 228. The van der Waals surface area contributed by atoms with Gasteiger partial charge in [-0.25, -0.2) is 0 Å². The zero-order valence-electron chi connectivity index (χ0n) is 10.2. The van der Waals surface area contributed by atoms with Gasteiger partial charge in [0.2, 0.25) is 0 Å². The molecule has 0 radical (unpaired) electrons. The van der Waals surface area contributed by atoms with Crippen LogP contribution in [0.4, 0.5) is 0 Å². The Morgan fingerprint density at radius 1 is 1.19 bits per heavy atom. The van der Waals surface area contributed by atoms with Crippen molar-refractivity contribution >= 4 is 0 Å². The maximum absolute atomic E-state index is 5.54. The van der Waals surface area contributed by atoms with Crippen LogP contribution in [0.2, 0.25) is 0 Å². The second-order valence-electron chi connectivity index (χ2n) is 5.74. The number of piperidine rings is 1. The number of hydrogen-bond donors (Lipinski definition) is 1. The maximum Gasteiger partial charge on any atom is 0.0506 e. The minimum Gasteiger partial charge on any atom is -0.381 e. The quantitative estimate of drug-likeness (QED) is 0.777. The van der Waals surface area contributed by atoms with Gasteiger partial charge in [0.15, 0.2) is 0 Å². The van der Waals surface area contributed by atoms with Crippen LogP contribution in [0.5, 0.6) is 0 Å². The monoisotopic (exact) mass is 224 g/mol. The van der Waals surface area contributed by atoms with E-state index in [4.69, 9.17) is 4.74 Å². The van der Waals surface area contributed by atoms with Crippen molar-refractivity contribution < 1.29 is 4.74 Å². The SMILES string of the molecule is C1COCC(CNC2CCN3CCC2C3)C1. The third-order valence-corrected chi connectivity index (χ3v) is 4.56. The molecule has 92 valence electrons. The van der Waals surface area contributed by atoms with Gasteiger partial charge in [-0.3, -0.25) is 0 Å². The highest BCUT2D eigenvalue weighted by Crippen LogP contribution is 2.27. The molecule has 2 bridgehead atoms. The highest BCUT2D eigenvalue weighted by atomic mass is 16.5. The van der Waals surface area contributed by atoms with Crippen LogP contribution in [-0.2, 0) is 4.74 Å². The first-order valence-electron chi connectivity index (χ1n) is 6.95. The molecule has 0 aromatic rings. The molecule has 3 heterocycles. The predicted octanol–water partition coefficient (Wildman–Crippen LogP) is 1.10. The number of fused-ring (bicyclic) bond motifs is 2. The van der Waals surface area contributed by atoms with Crippen molar-refractivity contribution in [2.24, 2.45) is 11.8 Å². The highest BCUT2D eigenvalue weighted by Gasteiger charge is 2.34. The number of hydrogen-bond acceptors (Lipinski definition) is 3. The van der Waals surface area contributed by atoms with E-state index in [-0.39, 0.29) is 0 Å². The largest absolute Gasteiger partial charge is 0.381 e. The van der Waals surface area contributed by atoms with Crippen molar-refractivity contribution in [3.63, 3.8) is 0 Å². The standard InChI is InChI=1S/C13H24N2O/c1-2-11(10-16-7-1)8-14-13-4-6-15-5-3-12(13)9-15/h11-14H,1-10H2. The minimum absolute atomic E-state index is 0.771. The molecule has 16 heavy (non-hydrogen) atoms. The van der Waals surface area contributed by atoms with Gasteiger partial charge in [0.1, 0.15) is 0 Å². The number of nitrogens with one attached hydrogen (secondary N) is 1. The maximum atomic E-state index is 5.54. The van der Waals surface area contributed by atoms with Gasteiger partial charge >= 0.3 is 0 Å². The fourth-order valence-electron chi connectivity index (χ4n) is 3.51. The molecule has 0 aliphatic carbocycles. The first kappa shape index (κ1) is 11.0.